The van der Waals surface area contributed by atoms with E-state index in [4.69, 9.17) is 14.2 Å². The Labute approximate surface area is 245 Å². The Morgan fingerprint density at radius 1 is 1.05 bits per heavy atom. The maximum atomic E-state index is 12.6. The van der Waals surface area contributed by atoms with Gasteiger partial charge in [-0.25, -0.2) is 4.79 Å². The van der Waals surface area contributed by atoms with Gasteiger partial charge in [-0.2, -0.15) is 0 Å². The van der Waals surface area contributed by atoms with Crippen molar-refractivity contribution in [1.82, 2.24) is 9.13 Å². The predicted octanol–water partition coefficient (Wildman–Crippen LogP) is 4.52. The van der Waals surface area contributed by atoms with Crippen LogP contribution in [0.5, 0.6) is 0 Å². The van der Waals surface area contributed by atoms with E-state index in [9.17, 15) is 19.2 Å². The van der Waals surface area contributed by atoms with Gasteiger partial charge in [-0.3, -0.25) is 0 Å². The van der Waals surface area contributed by atoms with Crippen molar-refractivity contribution in [2.75, 3.05) is 13.2 Å². The van der Waals surface area contributed by atoms with Gasteiger partial charge in [0.25, 0.3) is 0 Å². The molecule has 1 aliphatic rings. The van der Waals surface area contributed by atoms with Crippen molar-refractivity contribution in [3.8, 4) is 0 Å². The fourth-order valence-corrected chi connectivity index (χ4v) is 4.25. The second-order valence-corrected chi connectivity index (χ2v) is 11.1. The molecule has 10 heteroatoms. The first-order valence-corrected chi connectivity index (χ1v) is 14.3. The Hall–Kier alpha value is -3.32. The van der Waals surface area contributed by atoms with E-state index < -0.39 is 23.7 Å². The molecule has 0 spiro atoms. The van der Waals surface area contributed by atoms with Crippen molar-refractivity contribution in [2.45, 2.75) is 78.0 Å². The summed E-state index contributed by atoms with van der Waals surface area (Å²) in [6.45, 7) is 8.52. The Balaban J connectivity index is 0.000000460. The normalized spacial score (nSPS) is 12.7. The largest absolute Gasteiger partial charge is 0.457 e. The number of rotatable bonds is 11. The maximum Gasteiger partial charge on any atom is 0.338 e. The molecule has 0 fully saturated rings. The summed E-state index contributed by atoms with van der Waals surface area (Å²) in [5.41, 5.74) is 2.12. The molecule has 2 radical (unpaired) electrons. The number of fused-ring (bicyclic) bond motifs is 1. The van der Waals surface area contributed by atoms with Gasteiger partial charge >= 0.3 is 194 Å². The first-order chi connectivity index (χ1) is 19.0. The third kappa shape index (κ3) is 11.8. The van der Waals surface area contributed by atoms with Gasteiger partial charge in [0.1, 0.15) is 6.61 Å². The van der Waals surface area contributed by atoms with Crippen LogP contribution in [0.15, 0.2) is 54.6 Å². The van der Waals surface area contributed by atoms with Crippen LogP contribution in [0.3, 0.4) is 0 Å². The molecule has 0 saturated carbocycles. The Bertz CT molecular complexity index is 1120. The van der Waals surface area contributed by atoms with E-state index in [1.165, 1.54) is 3.82 Å². The summed E-state index contributed by atoms with van der Waals surface area (Å²) in [5, 5.41) is 2.67. The minimum Gasteiger partial charge on any atom is -0.457 e. The van der Waals surface area contributed by atoms with Gasteiger partial charge in [-0.1, -0.05) is 18.2 Å². The molecule has 1 heterocycles. The summed E-state index contributed by atoms with van der Waals surface area (Å²) in [6.07, 6.45) is 2.15. The summed E-state index contributed by atoms with van der Waals surface area (Å²) in [6, 6.07) is 16.3. The molecular weight excluding hydrogens is 575 g/mol. The van der Waals surface area contributed by atoms with E-state index in [-0.39, 0.29) is 18.3 Å². The molecule has 40 heavy (non-hydrogen) atoms. The van der Waals surface area contributed by atoms with Crippen LogP contribution in [0.25, 0.3) is 0 Å². The average Bonchev–Trinajstić information content (AvgIpc) is 3.30. The van der Waals surface area contributed by atoms with Gasteiger partial charge in [0.15, 0.2) is 0 Å². The van der Waals surface area contributed by atoms with Crippen molar-refractivity contribution < 1.29 is 33.4 Å². The summed E-state index contributed by atoms with van der Waals surface area (Å²) in [7, 11) is 0. The monoisotopic (exact) mass is 614 g/mol. The van der Waals surface area contributed by atoms with E-state index >= 15 is 0 Å². The topological polar surface area (TPSA) is 111 Å². The molecule has 9 nitrogen and oxygen atoms in total. The van der Waals surface area contributed by atoms with E-state index in [0.29, 0.717) is 44.6 Å². The molecule has 0 aromatic heterocycles. The summed E-state index contributed by atoms with van der Waals surface area (Å²) >= 11 is 2.19. The van der Waals surface area contributed by atoms with Gasteiger partial charge in [-0.15, -0.1) is 0 Å². The zero-order chi connectivity index (χ0) is 29.5. The smallest absolute Gasteiger partial charge is 0.338 e. The third-order valence-electron chi connectivity index (χ3n) is 5.62. The number of hydrogen-bond acceptors (Lipinski definition) is 7. The summed E-state index contributed by atoms with van der Waals surface area (Å²) in [5.74, 6) is -0.751. The quantitative estimate of drug-likeness (QED) is 0.172. The van der Waals surface area contributed by atoms with Gasteiger partial charge in [0, 0.05) is 5.56 Å². The van der Waals surface area contributed by atoms with Crippen LogP contribution in [-0.2, 0) is 36.8 Å². The molecule has 0 bridgehead atoms. The number of ether oxygens (including phenoxy) is 3. The second kappa shape index (κ2) is 16.7. The molecule has 1 unspecified atom stereocenters. The molecule has 2 aromatic rings. The molecular formula is C30H39AsN2O7. The van der Waals surface area contributed by atoms with E-state index in [2.05, 4.69) is 22.4 Å². The van der Waals surface area contributed by atoms with Crippen molar-refractivity contribution in [1.29, 1.82) is 0 Å². The first kappa shape index (κ1) is 32.9. The number of cyclic esters (lactones) is 1. The number of benzene rings is 2. The van der Waals surface area contributed by atoms with Gasteiger partial charge in [-0.05, 0) is 6.07 Å². The van der Waals surface area contributed by atoms with Crippen LogP contribution in [0.1, 0.15) is 74.9 Å². The summed E-state index contributed by atoms with van der Waals surface area (Å²) in [4.78, 5) is 47.6. The number of carbonyl (C=O) groups is 4. The fraction of sp³-hybridized carbons (Fsp3) is 0.467. The average molecular weight is 615 g/mol. The van der Waals surface area contributed by atoms with Crippen LogP contribution in [0.4, 0.5) is 4.79 Å². The molecule has 216 valence electrons. The Kier molecular flexibility index (Phi) is 13.7. The number of alkyl carbamates (subject to hydrolysis) is 1. The van der Waals surface area contributed by atoms with Crippen LogP contribution in [-0.4, -0.2) is 69.6 Å². The van der Waals surface area contributed by atoms with Crippen molar-refractivity contribution in [3.05, 3.63) is 71.3 Å². The number of amides is 2. The molecule has 1 N–H and O–H groups in total. The van der Waals surface area contributed by atoms with Gasteiger partial charge in [0.2, 0.25) is 0 Å². The number of nitrogens with one attached hydrogen (secondary N) is 1. The molecule has 0 saturated heterocycles. The third-order valence-corrected chi connectivity index (χ3v) is 6.68. The van der Waals surface area contributed by atoms with Crippen LogP contribution in [0, 0.1) is 0 Å². The maximum absolute atomic E-state index is 12.6. The second-order valence-electron chi connectivity index (χ2n) is 10.2. The Morgan fingerprint density at radius 3 is 2.38 bits per heavy atom. The Morgan fingerprint density at radius 2 is 1.73 bits per heavy atom. The number of esters is 2. The number of nitrogens with zero attached hydrogens (tertiary/aromatic N) is 1. The molecule has 3 rings (SSSR count). The van der Waals surface area contributed by atoms with E-state index in [0.717, 1.165) is 17.5 Å². The van der Waals surface area contributed by atoms with Crippen LogP contribution < -0.4 is 5.32 Å². The van der Waals surface area contributed by atoms with Gasteiger partial charge < -0.3 is 4.74 Å². The molecule has 2 aromatic carbocycles. The van der Waals surface area contributed by atoms with Crippen molar-refractivity contribution in [3.63, 3.8) is 0 Å². The molecule has 1 atom stereocenters. The van der Waals surface area contributed by atoms with Crippen LogP contribution >= 0.6 is 0 Å². The van der Waals surface area contributed by atoms with Crippen molar-refractivity contribution >= 4 is 41.0 Å². The molecule has 2 amide bonds. The fourth-order valence-electron chi connectivity index (χ4n) is 3.67. The SMILES string of the molecule is CCCOC(=O)C(Cc1ccccc1)N([As])C(=O)CCCCNC(=O)OC(C)(C)C.O=C1OCc2ccccc21. The van der Waals surface area contributed by atoms with E-state index in [1.54, 1.807) is 26.8 Å². The van der Waals surface area contributed by atoms with Crippen molar-refractivity contribution in [2.24, 2.45) is 0 Å². The minimum absolute atomic E-state index is 0.151. The van der Waals surface area contributed by atoms with Gasteiger partial charge in [0.05, 0.1) is 5.56 Å². The number of unbranched alkanes of at least 4 members (excludes halogenated alkanes) is 1. The number of hydrogen-bond donors (Lipinski definition) is 1. The molecule has 0 aliphatic carbocycles. The zero-order valence-electron chi connectivity index (χ0n) is 23.7. The standard InChI is InChI=1S/C22H33AsN2O5.C8H6O2/c1-5-15-29-20(27)18(16-17-11-7-6-8-12-17)25(23)19(26)13-9-10-14-24-21(28)30-22(2,3)4;9-8-7-4-2-1-3-6(7)5-10-8/h6-8,11-12,18H,5,9-10,13-16H2,1-4H3,(H,24,28);1-4H,5H2. The minimum atomic E-state index is -0.689. The summed E-state index contributed by atoms with van der Waals surface area (Å²) < 4.78 is 16.7. The first-order valence-electron chi connectivity index (χ1n) is 13.4. The van der Waals surface area contributed by atoms with Crippen LogP contribution in [0.2, 0.25) is 0 Å². The number of carbonyl (C=O) groups excluding carboxylic acids is 4. The predicted molar refractivity (Wildman–Crippen MR) is 151 cm³/mol. The zero-order valence-corrected chi connectivity index (χ0v) is 25.6. The molecule has 1 aliphatic heterocycles. The van der Waals surface area contributed by atoms with E-state index in [1.807, 2.05) is 55.5 Å².